The molecule has 0 radical (unpaired) electrons. The first-order chi connectivity index (χ1) is 14.7. The number of nitrogens with zero attached hydrogens (tertiary/aromatic N) is 2. The number of hydrogen-bond acceptors (Lipinski definition) is 3. The van der Waals surface area contributed by atoms with Crippen LogP contribution in [-0.4, -0.2) is 15.9 Å². The van der Waals surface area contributed by atoms with Gasteiger partial charge in [0.2, 0.25) is 5.91 Å². The minimum Gasteiger partial charge on any atom is -0.309 e. The zero-order chi connectivity index (χ0) is 20.8. The molecule has 1 amide bonds. The number of anilines is 1. The molecule has 3 aromatic carbocycles. The Morgan fingerprint density at radius 3 is 2.20 bits per heavy atom. The van der Waals surface area contributed by atoms with E-state index in [1.807, 2.05) is 84.9 Å². The monoisotopic (exact) mass is 505 g/mol. The highest BCUT2D eigenvalue weighted by atomic mass is 127. The third-order valence-corrected chi connectivity index (χ3v) is 5.38. The molecule has 0 saturated heterocycles. The molecule has 0 aliphatic carbocycles. The van der Waals surface area contributed by atoms with Crippen molar-refractivity contribution >= 4 is 34.3 Å². The quantitative estimate of drug-likeness (QED) is 0.351. The molecule has 1 aromatic heterocycles. The fraction of sp³-hybridized carbons (Fsp3) is 0.0800. The topological polar surface area (TPSA) is 54.9 Å². The molecule has 0 aliphatic heterocycles. The molecule has 4 rings (SSSR count). The lowest BCUT2D eigenvalue weighted by Crippen LogP contribution is -2.17. The Morgan fingerprint density at radius 1 is 0.833 bits per heavy atom. The summed E-state index contributed by atoms with van der Waals surface area (Å²) in [5.41, 5.74) is 4.61. The normalized spacial score (nSPS) is 10.6. The van der Waals surface area contributed by atoms with E-state index in [0.29, 0.717) is 18.7 Å². The zero-order valence-corrected chi connectivity index (χ0v) is 18.4. The van der Waals surface area contributed by atoms with Crippen LogP contribution in [0.25, 0.3) is 11.3 Å². The summed E-state index contributed by atoms with van der Waals surface area (Å²) >= 11 is 2.25. The molecular formula is C25H20IN3O. The van der Waals surface area contributed by atoms with E-state index in [-0.39, 0.29) is 5.91 Å². The Labute approximate surface area is 189 Å². The molecule has 5 heteroatoms. The first-order valence-electron chi connectivity index (χ1n) is 9.67. The van der Waals surface area contributed by atoms with Crippen LogP contribution >= 0.6 is 22.6 Å². The van der Waals surface area contributed by atoms with Crippen molar-refractivity contribution < 1.29 is 4.79 Å². The van der Waals surface area contributed by atoms with Crippen LogP contribution in [-0.2, 0) is 17.6 Å². The molecule has 30 heavy (non-hydrogen) atoms. The van der Waals surface area contributed by atoms with Crippen LogP contribution in [0.3, 0.4) is 0 Å². The van der Waals surface area contributed by atoms with Crippen LogP contribution in [0, 0.1) is 3.57 Å². The van der Waals surface area contributed by atoms with E-state index in [1.165, 1.54) is 0 Å². The van der Waals surface area contributed by atoms with E-state index in [1.54, 1.807) is 6.20 Å². The van der Waals surface area contributed by atoms with Crippen molar-refractivity contribution in [1.82, 2.24) is 9.97 Å². The van der Waals surface area contributed by atoms with Crippen molar-refractivity contribution in [2.45, 2.75) is 12.8 Å². The third-order valence-electron chi connectivity index (χ3n) is 4.66. The molecule has 148 valence electrons. The van der Waals surface area contributed by atoms with Crippen LogP contribution < -0.4 is 5.32 Å². The van der Waals surface area contributed by atoms with Gasteiger partial charge in [0, 0.05) is 15.6 Å². The molecule has 0 saturated carbocycles. The average Bonchev–Trinajstić information content (AvgIpc) is 2.78. The minimum atomic E-state index is -0.104. The van der Waals surface area contributed by atoms with E-state index in [4.69, 9.17) is 4.98 Å². The van der Waals surface area contributed by atoms with Gasteiger partial charge in [-0.3, -0.25) is 4.79 Å². The summed E-state index contributed by atoms with van der Waals surface area (Å²) in [5, 5.41) is 2.96. The predicted octanol–water partition coefficient (Wildman–Crippen LogP) is 5.52. The summed E-state index contributed by atoms with van der Waals surface area (Å²) in [7, 11) is 0. The third kappa shape index (κ3) is 5.30. The lowest BCUT2D eigenvalue weighted by Gasteiger charge is -2.12. The van der Waals surface area contributed by atoms with Gasteiger partial charge in [0.25, 0.3) is 0 Å². The van der Waals surface area contributed by atoms with Crippen LogP contribution in [0.1, 0.15) is 16.8 Å². The molecule has 0 aliphatic rings. The van der Waals surface area contributed by atoms with Gasteiger partial charge in [-0.05, 0) is 45.9 Å². The molecule has 4 aromatic rings. The first-order valence-corrected chi connectivity index (χ1v) is 10.7. The number of aromatic nitrogens is 2. The Hall–Kier alpha value is -3.06. The highest BCUT2D eigenvalue weighted by Gasteiger charge is 2.13. The SMILES string of the molecule is O=C(Cc1ccc(I)cc1)Nc1ncc(-c2ccccc2)nc1Cc1ccccc1. The fourth-order valence-corrected chi connectivity index (χ4v) is 3.52. The number of nitrogens with one attached hydrogen (secondary N) is 1. The van der Waals surface area contributed by atoms with Gasteiger partial charge in [0.1, 0.15) is 0 Å². The van der Waals surface area contributed by atoms with Gasteiger partial charge in [0.15, 0.2) is 5.82 Å². The second-order valence-corrected chi connectivity index (χ2v) is 8.18. The average molecular weight is 505 g/mol. The van der Waals surface area contributed by atoms with Gasteiger partial charge in [0.05, 0.1) is 24.0 Å². The Balaban J connectivity index is 1.60. The maximum Gasteiger partial charge on any atom is 0.229 e. The fourth-order valence-electron chi connectivity index (χ4n) is 3.16. The number of halogens is 1. The Kier molecular flexibility index (Phi) is 6.49. The van der Waals surface area contributed by atoms with E-state index in [2.05, 4.69) is 32.9 Å². The summed E-state index contributed by atoms with van der Waals surface area (Å²) in [4.78, 5) is 22.0. The molecule has 0 atom stereocenters. The summed E-state index contributed by atoms with van der Waals surface area (Å²) < 4.78 is 1.14. The molecule has 1 N–H and O–H groups in total. The number of amides is 1. The van der Waals surface area contributed by atoms with E-state index in [0.717, 1.165) is 31.6 Å². The van der Waals surface area contributed by atoms with Crippen molar-refractivity contribution in [1.29, 1.82) is 0 Å². The van der Waals surface area contributed by atoms with Crippen molar-refractivity contribution in [2.75, 3.05) is 5.32 Å². The van der Waals surface area contributed by atoms with Crippen molar-refractivity contribution in [2.24, 2.45) is 0 Å². The van der Waals surface area contributed by atoms with E-state index >= 15 is 0 Å². The lowest BCUT2D eigenvalue weighted by molar-refractivity contribution is -0.115. The summed E-state index contributed by atoms with van der Waals surface area (Å²) in [6, 6.07) is 28.0. The van der Waals surface area contributed by atoms with Crippen molar-refractivity contribution in [3.05, 3.63) is 112 Å². The van der Waals surface area contributed by atoms with Gasteiger partial charge in [-0.2, -0.15) is 0 Å². The molecule has 0 bridgehead atoms. The standard InChI is InChI=1S/C25H20IN3O/c26-21-13-11-19(12-14-21)16-24(30)29-25-22(15-18-7-3-1-4-8-18)28-23(17-27-25)20-9-5-2-6-10-20/h1-14,17H,15-16H2,(H,27,29,30). The van der Waals surface area contributed by atoms with E-state index in [9.17, 15) is 4.79 Å². The molecule has 1 heterocycles. The van der Waals surface area contributed by atoms with Crippen molar-refractivity contribution in [3.8, 4) is 11.3 Å². The number of hydrogen-bond donors (Lipinski definition) is 1. The van der Waals surface area contributed by atoms with Crippen LogP contribution in [0.2, 0.25) is 0 Å². The second kappa shape index (κ2) is 9.63. The number of benzene rings is 3. The summed E-state index contributed by atoms with van der Waals surface area (Å²) in [6.45, 7) is 0. The van der Waals surface area contributed by atoms with Gasteiger partial charge in [-0.25, -0.2) is 9.97 Å². The Bertz CT molecular complexity index is 1130. The van der Waals surface area contributed by atoms with Crippen molar-refractivity contribution in [3.63, 3.8) is 0 Å². The largest absolute Gasteiger partial charge is 0.309 e. The first kappa shape index (κ1) is 20.2. The van der Waals surface area contributed by atoms with Gasteiger partial charge < -0.3 is 5.32 Å². The smallest absolute Gasteiger partial charge is 0.229 e. The number of rotatable bonds is 6. The molecular weight excluding hydrogens is 485 g/mol. The summed E-state index contributed by atoms with van der Waals surface area (Å²) in [5.74, 6) is 0.404. The molecule has 4 nitrogen and oxygen atoms in total. The highest BCUT2D eigenvalue weighted by molar-refractivity contribution is 14.1. The van der Waals surface area contributed by atoms with Crippen LogP contribution in [0.15, 0.2) is 91.1 Å². The predicted molar refractivity (Wildman–Crippen MR) is 128 cm³/mol. The lowest BCUT2D eigenvalue weighted by atomic mass is 10.1. The van der Waals surface area contributed by atoms with Gasteiger partial charge >= 0.3 is 0 Å². The highest BCUT2D eigenvalue weighted by Crippen LogP contribution is 2.22. The number of carbonyl (C=O) groups excluding carboxylic acids is 1. The molecule has 0 fully saturated rings. The molecule has 0 unspecified atom stereocenters. The zero-order valence-electron chi connectivity index (χ0n) is 16.3. The maximum atomic E-state index is 12.6. The summed E-state index contributed by atoms with van der Waals surface area (Å²) in [6.07, 6.45) is 2.60. The van der Waals surface area contributed by atoms with Gasteiger partial charge in [-0.15, -0.1) is 0 Å². The van der Waals surface area contributed by atoms with Gasteiger partial charge in [-0.1, -0.05) is 72.8 Å². The van der Waals surface area contributed by atoms with E-state index < -0.39 is 0 Å². The Morgan fingerprint density at radius 2 is 1.50 bits per heavy atom. The van der Waals surface area contributed by atoms with Crippen LogP contribution in [0.5, 0.6) is 0 Å². The minimum absolute atomic E-state index is 0.104. The second-order valence-electron chi connectivity index (χ2n) is 6.93. The molecule has 0 spiro atoms. The maximum absolute atomic E-state index is 12.6. The number of carbonyl (C=O) groups is 1. The van der Waals surface area contributed by atoms with Crippen LogP contribution in [0.4, 0.5) is 5.82 Å².